The quantitative estimate of drug-likeness (QED) is 0.818. The zero-order chi connectivity index (χ0) is 11.5. The Hall–Kier alpha value is -1.51. The highest BCUT2D eigenvalue weighted by atomic mass is 35.5. The summed E-state index contributed by atoms with van der Waals surface area (Å²) in [7, 11) is 0. The summed E-state index contributed by atoms with van der Waals surface area (Å²) in [5.74, 6) is 0.257. The molecule has 0 spiro atoms. The minimum absolute atomic E-state index is 0. The monoisotopic (exact) mass is 249 g/mol. The van der Waals surface area contributed by atoms with Gasteiger partial charge in [0.2, 0.25) is 0 Å². The molecule has 0 aliphatic rings. The third kappa shape index (κ3) is 2.60. The van der Waals surface area contributed by atoms with Gasteiger partial charge in [-0.2, -0.15) is 0 Å². The van der Waals surface area contributed by atoms with Crippen LogP contribution in [-0.4, -0.2) is 5.11 Å². The van der Waals surface area contributed by atoms with Crippen LogP contribution in [0.2, 0.25) is 0 Å². The molecule has 0 saturated heterocycles. The predicted octanol–water partition coefficient (Wildman–Crippen LogP) is 3.54. The Labute approximate surface area is 107 Å². The lowest BCUT2D eigenvalue weighted by molar-refractivity contribution is 0.463. The lowest BCUT2D eigenvalue weighted by Gasteiger charge is -2.14. The molecule has 0 saturated carbocycles. The molecule has 0 aliphatic heterocycles. The molecule has 0 radical (unpaired) electrons. The van der Waals surface area contributed by atoms with Gasteiger partial charge >= 0.3 is 0 Å². The highest BCUT2D eigenvalue weighted by Gasteiger charge is 2.12. The van der Waals surface area contributed by atoms with E-state index in [9.17, 15) is 5.11 Å². The Morgan fingerprint density at radius 3 is 2.65 bits per heavy atom. The fourth-order valence-electron chi connectivity index (χ4n) is 1.97. The van der Waals surface area contributed by atoms with E-state index in [2.05, 4.69) is 6.58 Å². The fraction of sp³-hybridized carbons (Fsp3) is 0.143. The highest BCUT2D eigenvalue weighted by molar-refractivity contribution is 5.88. The summed E-state index contributed by atoms with van der Waals surface area (Å²) in [6.07, 6.45) is 2.42. The molecular weight excluding hydrogens is 234 g/mol. The molecule has 0 amide bonds. The van der Waals surface area contributed by atoms with Gasteiger partial charge in [-0.25, -0.2) is 0 Å². The number of fused-ring (bicyclic) bond motifs is 1. The van der Waals surface area contributed by atoms with Crippen molar-refractivity contribution in [1.82, 2.24) is 0 Å². The molecule has 2 nitrogen and oxygen atoms in total. The van der Waals surface area contributed by atoms with Gasteiger partial charge in [0, 0.05) is 11.6 Å². The van der Waals surface area contributed by atoms with Gasteiger partial charge in [-0.05, 0) is 23.3 Å². The first-order valence-corrected chi connectivity index (χ1v) is 5.31. The zero-order valence-electron chi connectivity index (χ0n) is 9.47. The van der Waals surface area contributed by atoms with Crippen LogP contribution in [-0.2, 0) is 0 Å². The van der Waals surface area contributed by atoms with Crippen molar-refractivity contribution in [2.75, 3.05) is 0 Å². The fourth-order valence-corrected chi connectivity index (χ4v) is 1.97. The molecule has 0 unspecified atom stereocenters. The summed E-state index contributed by atoms with van der Waals surface area (Å²) in [6.45, 7) is 3.67. The average Bonchev–Trinajstić information content (AvgIpc) is 2.29. The van der Waals surface area contributed by atoms with Crippen molar-refractivity contribution >= 4 is 23.2 Å². The smallest absolute Gasteiger partial charge is 0.120 e. The van der Waals surface area contributed by atoms with Gasteiger partial charge in [-0.1, -0.05) is 36.4 Å². The number of hydrogen-bond acceptors (Lipinski definition) is 2. The third-order valence-corrected chi connectivity index (χ3v) is 2.74. The molecule has 0 fully saturated rings. The average molecular weight is 250 g/mol. The number of hydrogen-bond donors (Lipinski definition) is 2. The summed E-state index contributed by atoms with van der Waals surface area (Å²) < 4.78 is 0. The van der Waals surface area contributed by atoms with Gasteiger partial charge < -0.3 is 10.8 Å². The van der Waals surface area contributed by atoms with Gasteiger partial charge in [0.15, 0.2) is 0 Å². The second-order valence-electron chi connectivity index (χ2n) is 3.85. The van der Waals surface area contributed by atoms with Gasteiger partial charge in [-0.15, -0.1) is 19.0 Å². The van der Waals surface area contributed by atoms with Crippen molar-refractivity contribution in [3.8, 4) is 5.75 Å². The first kappa shape index (κ1) is 13.6. The Morgan fingerprint density at radius 1 is 1.24 bits per heavy atom. The van der Waals surface area contributed by atoms with E-state index >= 15 is 0 Å². The second kappa shape index (κ2) is 5.71. The molecule has 0 aromatic heterocycles. The van der Waals surface area contributed by atoms with Crippen molar-refractivity contribution in [1.29, 1.82) is 0 Å². The van der Waals surface area contributed by atoms with Crippen LogP contribution in [0.3, 0.4) is 0 Å². The number of halogens is 1. The van der Waals surface area contributed by atoms with Gasteiger partial charge in [0.05, 0.1) is 0 Å². The minimum Gasteiger partial charge on any atom is -0.508 e. The Morgan fingerprint density at radius 2 is 1.94 bits per heavy atom. The molecule has 0 bridgehead atoms. The predicted molar refractivity (Wildman–Crippen MR) is 74.6 cm³/mol. The Balaban J connectivity index is 0.00000144. The Kier molecular flexibility index (Phi) is 4.55. The van der Waals surface area contributed by atoms with Gasteiger partial charge in [0.25, 0.3) is 0 Å². The lowest BCUT2D eigenvalue weighted by atomic mass is 9.96. The maximum atomic E-state index is 9.89. The summed E-state index contributed by atoms with van der Waals surface area (Å²) in [5.41, 5.74) is 6.84. The Bertz CT molecular complexity index is 525. The molecule has 17 heavy (non-hydrogen) atoms. The number of aromatic hydroxyl groups is 1. The molecule has 90 valence electrons. The van der Waals surface area contributed by atoms with E-state index in [1.54, 1.807) is 12.1 Å². The summed E-state index contributed by atoms with van der Waals surface area (Å²) in [5, 5.41) is 12.0. The van der Waals surface area contributed by atoms with Crippen LogP contribution in [0.25, 0.3) is 10.8 Å². The molecule has 0 heterocycles. The number of phenolic OH excluding ortho intramolecular Hbond substituents is 1. The van der Waals surface area contributed by atoms with E-state index in [1.165, 1.54) is 0 Å². The standard InChI is InChI=1S/C14H15NO.ClH/c1-2-5-12(15)14-11-7-4-3-6-10(11)8-9-13(14)16;/h2-4,6-9,12,16H,1,5,15H2;1H/t12-;/m1./s1. The molecule has 2 aromatic carbocycles. The maximum Gasteiger partial charge on any atom is 0.120 e. The van der Waals surface area contributed by atoms with E-state index in [1.807, 2.05) is 30.3 Å². The maximum absolute atomic E-state index is 9.89. The number of rotatable bonds is 3. The van der Waals surface area contributed by atoms with E-state index in [4.69, 9.17) is 5.73 Å². The molecule has 3 heteroatoms. The number of benzene rings is 2. The van der Waals surface area contributed by atoms with Crippen LogP contribution < -0.4 is 5.73 Å². The van der Waals surface area contributed by atoms with Gasteiger partial charge in [-0.3, -0.25) is 0 Å². The minimum atomic E-state index is -0.205. The molecule has 3 N–H and O–H groups in total. The van der Waals surface area contributed by atoms with Crippen molar-refractivity contribution in [2.24, 2.45) is 5.73 Å². The summed E-state index contributed by atoms with van der Waals surface area (Å²) in [6, 6.07) is 11.3. The third-order valence-electron chi connectivity index (χ3n) is 2.74. The largest absolute Gasteiger partial charge is 0.508 e. The molecule has 1 atom stereocenters. The van der Waals surface area contributed by atoms with E-state index in [0.717, 1.165) is 16.3 Å². The highest BCUT2D eigenvalue weighted by Crippen LogP contribution is 2.32. The molecule has 2 aromatic rings. The first-order valence-electron chi connectivity index (χ1n) is 5.31. The van der Waals surface area contributed by atoms with E-state index < -0.39 is 0 Å². The van der Waals surface area contributed by atoms with Crippen LogP contribution in [0.4, 0.5) is 0 Å². The zero-order valence-corrected chi connectivity index (χ0v) is 10.3. The van der Waals surface area contributed by atoms with Crippen molar-refractivity contribution in [2.45, 2.75) is 12.5 Å². The number of nitrogens with two attached hydrogens (primary N) is 1. The van der Waals surface area contributed by atoms with E-state index in [0.29, 0.717) is 6.42 Å². The first-order chi connectivity index (χ1) is 7.74. The van der Waals surface area contributed by atoms with Crippen LogP contribution >= 0.6 is 12.4 Å². The second-order valence-corrected chi connectivity index (χ2v) is 3.85. The van der Waals surface area contributed by atoms with Crippen molar-refractivity contribution in [3.05, 3.63) is 54.6 Å². The van der Waals surface area contributed by atoms with Crippen LogP contribution in [0.5, 0.6) is 5.75 Å². The molecular formula is C14H16ClNO. The summed E-state index contributed by atoms with van der Waals surface area (Å²) in [4.78, 5) is 0. The van der Waals surface area contributed by atoms with E-state index in [-0.39, 0.29) is 24.2 Å². The SMILES string of the molecule is C=CC[C@@H](N)c1c(O)ccc2ccccc12.Cl. The van der Waals surface area contributed by atoms with Crippen LogP contribution in [0, 0.1) is 0 Å². The lowest BCUT2D eigenvalue weighted by Crippen LogP contribution is -2.09. The van der Waals surface area contributed by atoms with Crippen LogP contribution in [0.15, 0.2) is 49.1 Å². The van der Waals surface area contributed by atoms with Gasteiger partial charge in [0.1, 0.15) is 5.75 Å². The van der Waals surface area contributed by atoms with Crippen molar-refractivity contribution < 1.29 is 5.11 Å². The topological polar surface area (TPSA) is 46.2 Å². The van der Waals surface area contributed by atoms with Crippen LogP contribution in [0.1, 0.15) is 18.0 Å². The number of phenols is 1. The molecule has 2 rings (SSSR count). The summed E-state index contributed by atoms with van der Waals surface area (Å²) >= 11 is 0. The normalized spacial score (nSPS) is 11.8. The van der Waals surface area contributed by atoms with Crippen molar-refractivity contribution in [3.63, 3.8) is 0 Å². The molecule has 0 aliphatic carbocycles.